The van der Waals surface area contributed by atoms with Crippen LogP contribution in [0.15, 0.2) is 24.3 Å². The molecule has 1 aromatic carbocycles. The van der Waals surface area contributed by atoms with Crippen LogP contribution in [0.4, 0.5) is 5.69 Å². The van der Waals surface area contributed by atoms with Gasteiger partial charge in [-0.05, 0) is 18.8 Å². The SMILES string of the molecule is CC1CCCC1C(=O)Cc1ccccc1[N+](=O)[O-]. The van der Waals surface area contributed by atoms with E-state index in [0.29, 0.717) is 11.5 Å². The summed E-state index contributed by atoms with van der Waals surface area (Å²) in [6, 6.07) is 6.51. The van der Waals surface area contributed by atoms with Gasteiger partial charge in [0.15, 0.2) is 0 Å². The number of hydrogen-bond acceptors (Lipinski definition) is 3. The number of para-hydroxylation sites is 1. The molecule has 18 heavy (non-hydrogen) atoms. The van der Waals surface area contributed by atoms with Gasteiger partial charge in [0, 0.05) is 24.0 Å². The first-order valence-electron chi connectivity index (χ1n) is 6.34. The lowest BCUT2D eigenvalue weighted by molar-refractivity contribution is -0.385. The first-order chi connectivity index (χ1) is 8.59. The summed E-state index contributed by atoms with van der Waals surface area (Å²) in [5.41, 5.74) is 0.586. The zero-order valence-corrected chi connectivity index (χ0v) is 10.5. The van der Waals surface area contributed by atoms with Gasteiger partial charge in [-0.1, -0.05) is 31.5 Å². The van der Waals surface area contributed by atoms with E-state index in [1.807, 2.05) is 0 Å². The van der Waals surface area contributed by atoms with Crippen molar-refractivity contribution in [3.05, 3.63) is 39.9 Å². The summed E-state index contributed by atoms with van der Waals surface area (Å²) in [5, 5.41) is 10.9. The van der Waals surface area contributed by atoms with Crippen LogP contribution in [0.3, 0.4) is 0 Å². The van der Waals surface area contributed by atoms with Crippen molar-refractivity contribution in [3.8, 4) is 0 Å². The van der Waals surface area contributed by atoms with Crippen molar-refractivity contribution in [3.63, 3.8) is 0 Å². The summed E-state index contributed by atoms with van der Waals surface area (Å²) in [5.74, 6) is 0.652. The van der Waals surface area contributed by atoms with E-state index >= 15 is 0 Å². The van der Waals surface area contributed by atoms with Crippen LogP contribution in [-0.2, 0) is 11.2 Å². The highest BCUT2D eigenvalue weighted by atomic mass is 16.6. The molecule has 2 atom stereocenters. The third kappa shape index (κ3) is 2.58. The lowest BCUT2D eigenvalue weighted by Gasteiger charge is -2.13. The normalized spacial score (nSPS) is 22.9. The molecule has 0 bridgehead atoms. The average molecular weight is 247 g/mol. The molecule has 4 heteroatoms. The Morgan fingerprint density at radius 1 is 1.39 bits per heavy atom. The van der Waals surface area contributed by atoms with E-state index in [-0.39, 0.29) is 23.8 Å². The van der Waals surface area contributed by atoms with Crippen molar-refractivity contribution in [2.24, 2.45) is 11.8 Å². The van der Waals surface area contributed by atoms with Crippen LogP contribution >= 0.6 is 0 Å². The van der Waals surface area contributed by atoms with E-state index in [0.717, 1.165) is 19.3 Å². The zero-order valence-electron chi connectivity index (χ0n) is 10.5. The maximum atomic E-state index is 12.2. The Balaban J connectivity index is 2.14. The second kappa shape index (κ2) is 5.29. The molecule has 2 unspecified atom stereocenters. The number of carbonyl (C=O) groups is 1. The van der Waals surface area contributed by atoms with E-state index in [2.05, 4.69) is 6.92 Å². The van der Waals surface area contributed by atoms with Crippen molar-refractivity contribution < 1.29 is 9.72 Å². The standard InChI is InChI=1S/C14H17NO3/c1-10-5-4-7-12(10)14(16)9-11-6-2-3-8-13(11)15(17)18/h2-3,6,8,10,12H,4-5,7,9H2,1H3. The van der Waals surface area contributed by atoms with Gasteiger partial charge in [0.25, 0.3) is 5.69 Å². The predicted octanol–water partition coefficient (Wildman–Crippen LogP) is 3.14. The summed E-state index contributed by atoms with van der Waals surface area (Å²) >= 11 is 0. The maximum absolute atomic E-state index is 12.2. The number of nitro benzene ring substituents is 1. The second-order valence-electron chi connectivity index (χ2n) is 5.04. The molecule has 0 aromatic heterocycles. The molecule has 1 aliphatic carbocycles. The van der Waals surface area contributed by atoms with Crippen LogP contribution in [0.1, 0.15) is 31.7 Å². The highest BCUT2D eigenvalue weighted by Gasteiger charge is 2.30. The molecule has 0 radical (unpaired) electrons. The second-order valence-corrected chi connectivity index (χ2v) is 5.04. The largest absolute Gasteiger partial charge is 0.299 e. The number of nitrogens with zero attached hydrogens (tertiary/aromatic N) is 1. The van der Waals surface area contributed by atoms with E-state index in [1.54, 1.807) is 18.2 Å². The molecule has 0 amide bonds. The molecule has 1 aromatic rings. The molecule has 2 rings (SSSR count). The fourth-order valence-corrected chi connectivity index (χ4v) is 2.78. The number of benzene rings is 1. The Kier molecular flexibility index (Phi) is 3.75. The summed E-state index contributed by atoms with van der Waals surface area (Å²) in [6.45, 7) is 2.09. The van der Waals surface area contributed by atoms with Gasteiger partial charge in [0.05, 0.1) is 4.92 Å². The third-order valence-corrected chi connectivity index (χ3v) is 3.83. The molecule has 0 spiro atoms. The monoisotopic (exact) mass is 247 g/mol. The van der Waals surface area contributed by atoms with Crippen LogP contribution in [-0.4, -0.2) is 10.7 Å². The molecule has 96 valence electrons. The number of rotatable bonds is 4. The first-order valence-corrected chi connectivity index (χ1v) is 6.34. The minimum Gasteiger partial charge on any atom is -0.299 e. The van der Waals surface area contributed by atoms with Crippen molar-refractivity contribution in [2.75, 3.05) is 0 Å². The van der Waals surface area contributed by atoms with Crippen LogP contribution in [0, 0.1) is 22.0 Å². The summed E-state index contributed by atoms with van der Waals surface area (Å²) in [7, 11) is 0. The van der Waals surface area contributed by atoms with Gasteiger partial charge in [-0.15, -0.1) is 0 Å². The number of ketones is 1. The Morgan fingerprint density at radius 3 is 2.72 bits per heavy atom. The van der Waals surface area contributed by atoms with Crippen LogP contribution in [0.5, 0.6) is 0 Å². The maximum Gasteiger partial charge on any atom is 0.273 e. The van der Waals surface area contributed by atoms with Crippen molar-refractivity contribution in [1.29, 1.82) is 0 Å². The number of carbonyl (C=O) groups excluding carboxylic acids is 1. The fraction of sp³-hybridized carbons (Fsp3) is 0.500. The lowest BCUT2D eigenvalue weighted by Crippen LogP contribution is -2.19. The van der Waals surface area contributed by atoms with Gasteiger partial charge in [0.1, 0.15) is 5.78 Å². The van der Waals surface area contributed by atoms with Crippen molar-refractivity contribution >= 4 is 11.5 Å². The molecule has 0 N–H and O–H groups in total. The number of Topliss-reactive ketones (excluding diaryl/α,β-unsaturated/α-hetero) is 1. The molecule has 1 aliphatic rings. The third-order valence-electron chi connectivity index (χ3n) is 3.83. The Labute approximate surface area is 106 Å². The zero-order chi connectivity index (χ0) is 13.1. The number of nitro groups is 1. The Morgan fingerprint density at radius 2 is 2.11 bits per heavy atom. The van der Waals surface area contributed by atoms with E-state index in [9.17, 15) is 14.9 Å². The predicted molar refractivity (Wildman–Crippen MR) is 68.3 cm³/mol. The topological polar surface area (TPSA) is 60.2 Å². The van der Waals surface area contributed by atoms with Gasteiger partial charge >= 0.3 is 0 Å². The summed E-state index contributed by atoms with van der Waals surface area (Å²) in [4.78, 5) is 22.6. The molecule has 0 aliphatic heterocycles. The molecular formula is C14H17NO3. The molecule has 0 saturated heterocycles. The van der Waals surface area contributed by atoms with Crippen molar-refractivity contribution in [2.45, 2.75) is 32.6 Å². The quantitative estimate of drug-likeness (QED) is 0.606. The molecular weight excluding hydrogens is 230 g/mol. The Hall–Kier alpha value is -1.71. The van der Waals surface area contributed by atoms with Gasteiger partial charge in [-0.3, -0.25) is 14.9 Å². The minimum absolute atomic E-state index is 0.0523. The minimum atomic E-state index is -0.416. The van der Waals surface area contributed by atoms with Gasteiger partial charge in [0.2, 0.25) is 0 Å². The smallest absolute Gasteiger partial charge is 0.273 e. The molecule has 0 heterocycles. The molecule has 1 saturated carbocycles. The molecule has 4 nitrogen and oxygen atoms in total. The highest BCUT2D eigenvalue weighted by Crippen LogP contribution is 2.33. The van der Waals surface area contributed by atoms with Gasteiger partial charge in [-0.25, -0.2) is 0 Å². The van der Waals surface area contributed by atoms with Crippen molar-refractivity contribution in [1.82, 2.24) is 0 Å². The molecule has 1 fully saturated rings. The lowest BCUT2D eigenvalue weighted by atomic mass is 9.90. The Bertz CT molecular complexity index is 470. The highest BCUT2D eigenvalue weighted by molar-refractivity contribution is 5.84. The van der Waals surface area contributed by atoms with Gasteiger partial charge < -0.3 is 0 Å². The van der Waals surface area contributed by atoms with Crippen LogP contribution in [0.2, 0.25) is 0 Å². The fourth-order valence-electron chi connectivity index (χ4n) is 2.78. The van der Waals surface area contributed by atoms with Crippen LogP contribution < -0.4 is 0 Å². The van der Waals surface area contributed by atoms with Crippen LogP contribution in [0.25, 0.3) is 0 Å². The average Bonchev–Trinajstić information content (AvgIpc) is 2.76. The summed E-state index contributed by atoms with van der Waals surface area (Å²) < 4.78 is 0. The van der Waals surface area contributed by atoms with E-state index in [4.69, 9.17) is 0 Å². The van der Waals surface area contributed by atoms with Gasteiger partial charge in [-0.2, -0.15) is 0 Å². The van der Waals surface area contributed by atoms with E-state index in [1.165, 1.54) is 6.07 Å². The number of hydrogen-bond donors (Lipinski definition) is 0. The first kappa shape index (κ1) is 12.7. The van der Waals surface area contributed by atoms with E-state index < -0.39 is 4.92 Å². The summed E-state index contributed by atoms with van der Waals surface area (Å²) in [6.07, 6.45) is 3.30.